The summed E-state index contributed by atoms with van der Waals surface area (Å²) in [6.45, 7) is 2.47. The number of benzene rings is 2. The van der Waals surface area contributed by atoms with Crippen LogP contribution in [0.5, 0.6) is 0 Å². The van der Waals surface area contributed by atoms with Crippen molar-refractivity contribution in [2.24, 2.45) is 10.3 Å². The highest BCUT2D eigenvalue weighted by Crippen LogP contribution is 2.32. The first-order valence-electron chi connectivity index (χ1n) is 7.81. The highest BCUT2D eigenvalue weighted by molar-refractivity contribution is 6.25. The minimum atomic E-state index is -0.747. The minimum absolute atomic E-state index is 0.270. The molecule has 4 rings (SSSR count). The SMILES string of the molecule is Cc1ccc(CN2N=N[C@H]3C(=O)N(c4ccccc4)C(=O)[C@@H]32)cc1. The standard InChI is InChI=1S/C18H16N4O2/c1-12-7-9-13(10-8-12)11-21-16-15(19-20-21)17(23)22(18(16)24)14-5-3-2-4-6-14/h2-10,15-16H,11H2,1H3/t15-,16-/m1/s1. The second kappa shape index (κ2) is 5.56. The van der Waals surface area contributed by atoms with Crippen molar-refractivity contribution in [3.8, 4) is 0 Å². The first-order valence-corrected chi connectivity index (χ1v) is 7.81. The predicted octanol–water partition coefficient (Wildman–Crippen LogP) is 2.49. The number of nitrogens with zero attached hydrogens (tertiary/aromatic N) is 4. The van der Waals surface area contributed by atoms with Gasteiger partial charge in [-0.3, -0.25) is 14.6 Å². The molecule has 2 aliphatic heterocycles. The summed E-state index contributed by atoms with van der Waals surface area (Å²) >= 11 is 0. The number of para-hydroxylation sites is 1. The Kier molecular flexibility index (Phi) is 3.37. The van der Waals surface area contributed by atoms with Crippen molar-refractivity contribution in [3.63, 3.8) is 0 Å². The van der Waals surface area contributed by atoms with Crippen LogP contribution in [0.25, 0.3) is 0 Å². The number of anilines is 1. The summed E-state index contributed by atoms with van der Waals surface area (Å²) in [6.07, 6.45) is 0. The van der Waals surface area contributed by atoms with Gasteiger partial charge in [0, 0.05) is 0 Å². The van der Waals surface area contributed by atoms with Gasteiger partial charge >= 0.3 is 0 Å². The molecule has 2 amide bonds. The van der Waals surface area contributed by atoms with Crippen LogP contribution in [0.15, 0.2) is 64.9 Å². The van der Waals surface area contributed by atoms with E-state index >= 15 is 0 Å². The summed E-state index contributed by atoms with van der Waals surface area (Å²) in [7, 11) is 0. The monoisotopic (exact) mass is 320 g/mol. The Morgan fingerprint density at radius 1 is 0.958 bits per heavy atom. The van der Waals surface area contributed by atoms with Crippen LogP contribution in [0.4, 0.5) is 5.69 Å². The lowest BCUT2D eigenvalue weighted by Crippen LogP contribution is -2.39. The predicted molar refractivity (Wildman–Crippen MR) is 88.1 cm³/mol. The first kappa shape index (κ1) is 14.6. The largest absolute Gasteiger partial charge is 0.271 e. The van der Waals surface area contributed by atoms with Gasteiger partial charge < -0.3 is 0 Å². The first-order chi connectivity index (χ1) is 11.6. The molecule has 0 radical (unpaired) electrons. The molecule has 2 aromatic carbocycles. The summed E-state index contributed by atoms with van der Waals surface area (Å²) in [6, 6.07) is 15.6. The van der Waals surface area contributed by atoms with Crippen LogP contribution in [0.3, 0.4) is 0 Å². The molecule has 24 heavy (non-hydrogen) atoms. The summed E-state index contributed by atoms with van der Waals surface area (Å²) in [5, 5.41) is 9.71. The fourth-order valence-electron chi connectivity index (χ4n) is 3.07. The van der Waals surface area contributed by atoms with E-state index in [1.54, 1.807) is 29.3 Å². The van der Waals surface area contributed by atoms with Crippen molar-refractivity contribution in [1.82, 2.24) is 5.01 Å². The molecule has 0 spiro atoms. The van der Waals surface area contributed by atoms with Gasteiger partial charge in [-0.05, 0) is 24.6 Å². The lowest BCUT2D eigenvalue weighted by molar-refractivity contribution is -0.123. The zero-order valence-electron chi connectivity index (χ0n) is 13.2. The average Bonchev–Trinajstić information content (AvgIpc) is 3.11. The fourth-order valence-corrected chi connectivity index (χ4v) is 3.07. The van der Waals surface area contributed by atoms with Gasteiger partial charge in [-0.25, -0.2) is 4.90 Å². The van der Waals surface area contributed by atoms with Gasteiger partial charge in [-0.15, -0.1) is 0 Å². The van der Waals surface area contributed by atoms with Crippen LogP contribution >= 0.6 is 0 Å². The van der Waals surface area contributed by atoms with Crippen LogP contribution in [-0.4, -0.2) is 28.9 Å². The van der Waals surface area contributed by atoms with Gasteiger partial charge in [-0.2, -0.15) is 5.11 Å². The van der Waals surface area contributed by atoms with E-state index in [4.69, 9.17) is 0 Å². The molecule has 0 N–H and O–H groups in total. The summed E-state index contributed by atoms with van der Waals surface area (Å²) in [5.41, 5.74) is 2.77. The lowest BCUT2D eigenvalue weighted by atomic mass is 10.1. The quantitative estimate of drug-likeness (QED) is 0.816. The van der Waals surface area contributed by atoms with Crippen LogP contribution in [0, 0.1) is 6.92 Å². The van der Waals surface area contributed by atoms with Gasteiger partial charge in [0.05, 0.1) is 12.2 Å². The van der Waals surface area contributed by atoms with Crippen molar-refractivity contribution in [2.45, 2.75) is 25.6 Å². The molecule has 0 saturated carbocycles. The van der Waals surface area contributed by atoms with Gasteiger partial charge in [0.25, 0.3) is 11.8 Å². The number of hydrogen-bond acceptors (Lipinski definition) is 5. The van der Waals surface area contributed by atoms with Crippen molar-refractivity contribution in [3.05, 3.63) is 65.7 Å². The molecular weight excluding hydrogens is 304 g/mol. The van der Waals surface area contributed by atoms with E-state index in [2.05, 4.69) is 10.3 Å². The number of aryl methyl sites for hydroxylation is 1. The summed E-state index contributed by atoms with van der Waals surface area (Å²) in [4.78, 5) is 26.6. The number of amides is 2. The molecule has 2 atom stereocenters. The molecule has 0 aromatic heterocycles. The molecule has 6 heteroatoms. The Bertz CT molecular complexity index is 817. The molecule has 2 heterocycles. The van der Waals surface area contributed by atoms with Crippen molar-refractivity contribution < 1.29 is 9.59 Å². The minimum Gasteiger partial charge on any atom is -0.271 e. The maximum absolute atomic E-state index is 12.8. The molecule has 1 saturated heterocycles. The third-order valence-corrected chi connectivity index (χ3v) is 4.34. The number of rotatable bonds is 3. The van der Waals surface area contributed by atoms with Gasteiger partial charge in [0.2, 0.25) is 0 Å². The van der Waals surface area contributed by atoms with Crippen LogP contribution < -0.4 is 4.90 Å². The molecule has 0 aliphatic carbocycles. The molecule has 2 aliphatic rings. The zero-order chi connectivity index (χ0) is 16.7. The average molecular weight is 320 g/mol. The van der Waals surface area contributed by atoms with Gasteiger partial charge in [0.15, 0.2) is 12.1 Å². The Morgan fingerprint density at radius 2 is 1.67 bits per heavy atom. The maximum Gasteiger partial charge on any atom is 0.263 e. The highest BCUT2D eigenvalue weighted by atomic mass is 16.2. The third kappa shape index (κ3) is 2.27. The van der Waals surface area contributed by atoms with Crippen molar-refractivity contribution in [2.75, 3.05) is 4.90 Å². The summed E-state index contributed by atoms with van der Waals surface area (Å²) in [5.74, 6) is -0.584. The Hall–Kier alpha value is -3.02. The van der Waals surface area contributed by atoms with Gasteiger partial charge in [-0.1, -0.05) is 53.3 Å². The molecule has 2 aromatic rings. The van der Waals surface area contributed by atoms with E-state index in [1.165, 1.54) is 10.5 Å². The van der Waals surface area contributed by atoms with E-state index in [0.717, 1.165) is 5.56 Å². The van der Waals surface area contributed by atoms with Gasteiger partial charge in [0.1, 0.15) is 0 Å². The number of imide groups is 1. The number of carbonyl (C=O) groups excluding carboxylic acids is 2. The Balaban J connectivity index is 1.59. The van der Waals surface area contributed by atoms with E-state index in [9.17, 15) is 9.59 Å². The van der Waals surface area contributed by atoms with Crippen molar-refractivity contribution in [1.29, 1.82) is 0 Å². The fraction of sp³-hybridized carbons (Fsp3) is 0.222. The summed E-state index contributed by atoms with van der Waals surface area (Å²) < 4.78 is 0. The Labute approximate surface area is 139 Å². The topological polar surface area (TPSA) is 65.3 Å². The molecular formula is C18H16N4O2. The van der Waals surface area contributed by atoms with Crippen LogP contribution in [-0.2, 0) is 16.1 Å². The maximum atomic E-state index is 12.8. The Morgan fingerprint density at radius 3 is 2.38 bits per heavy atom. The van der Waals surface area contributed by atoms with E-state index < -0.39 is 12.1 Å². The van der Waals surface area contributed by atoms with Crippen molar-refractivity contribution >= 4 is 17.5 Å². The number of hydrogen-bond donors (Lipinski definition) is 0. The number of fused-ring (bicyclic) bond motifs is 1. The third-order valence-electron chi connectivity index (χ3n) is 4.34. The number of carbonyl (C=O) groups is 2. The molecule has 0 unspecified atom stereocenters. The highest BCUT2D eigenvalue weighted by Gasteiger charge is 2.54. The van der Waals surface area contributed by atoms with E-state index in [0.29, 0.717) is 12.2 Å². The van der Waals surface area contributed by atoms with E-state index in [1.807, 2.05) is 37.3 Å². The van der Waals surface area contributed by atoms with Crippen LogP contribution in [0.1, 0.15) is 11.1 Å². The molecule has 120 valence electrons. The van der Waals surface area contributed by atoms with Crippen LogP contribution in [0.2, 0.25) is 0 Å². The smallest absolute Gasteiger partial charge is 0.263 e. The molecule has 0 bridgehead atoms. The molecule has 1 fully saturated rings. The normalized spacial score (nSPS) is 22.4. The second-order valence-corrected chi connectivity index (χ2v) is 6.03. The van der Waals surface area contributed by atoms with E-state index in [-0.39, 0.29) is 11.8 Å². The lowest BCUT2D eigenvalue weighted by Gasteiger charge is -2.20. The zero-order valence-corrected chi connectivity index (χ0v) is 13.2. The molecule has 6 nitrogen and oxygen atoms in total. The second-order valence-electron chi connectivity index (χ2n) is 6.03.